The van der Waals surface area contributed by atoms with Crippen LogP contribution in [-0.4, -0.2) is 26.0 Å². The number of hydrogen-bond donors (Lipinski definition) is 2. The van der Waals surface area contributed by atoms with Gasteiger partial charge < -0.3 is 10.7 Å². The smallest absolute Gasteiger partial charge is 0.240 e. The Hall–Kier alpha value is -2.80. The molecule has 1 aliphatic heterocycles. The molecule has 0 saturated heterocycles. The Morgan fingerprint density at radius 3 is 2.61 bits per heavy atom. The van der Waals surface area contributed by atoms with Crippen LogP contribution in [0.25, 0.3) is 0 Å². The predicted octanol–water partition coefficient (Wildman–Crippen LogP) is 4.81. The van der Waals surface area contributed by atoms with Gasteiger partial charge in [0.25, 0.3) is 0 Å². The van der Waals surface area contributed by atoms with Crippen molar-refractivity contribution in [2.24, 2.45) is 0 Å². The summed E-state index contributed by atoms with van der Waals surface area (Å²) in [4.78, 5) is 13.5. The molecule has 2 aromatic carbocycles. The Balaban J connectivity index is 1.67. The maximum Gasteiger partial charge on any atom is 0.240 e. The topological polar surface area (TPSA) is 71.8 Å². The van der Waals surface area contributed by atoms with Crippen molar-refractivity contribution in [2.75, 3.05) is 10.7 Å². The monoisotopic (exact) mass is 435 g/mol. The SMILES string of the molecule is CCCc1nnc2n1N[C@H](c1ccc(CC)cc1)[C@@H](C(=O)Nc1cc(C)ccc1C)S2. The van der Waals surface area contributed by atoms with E-state index in [9.17, 15) is 4.79 Å². The number of rotatable bonds is 6. The summed E-state index contributed by atoms with van der Waals surface area (Å²) >= 11 is 1.47. The summed E-state index contributed by atoms with van der Waals surface area (Å²) in [5, 5.41) is 12.2. The van der Waals surface area contributed by atoms with Gasteiger partial charge in [-0.3, -0.25) is 4.79 Å². The van der Waals surface area contributed by atoms with Crippen LogP contribution in [0.2, 0.25) is 0 Å². The molecule has 4 rings (SSSR count). The van der Waals surface area contributed by atoms with E-state index in [0.717, 1.165) is 52.6 Å². The standard InChI is InChI=1S/C24H29N5OS/c1-5-7-20-26-27-24-29(20)28-21(18-12-10-17(6-2)11-13-18)22(31-24)23(30)25-19-14-15(3)8-9-16(19)4/h8-14,21-22,28H,5-7H2,1-4H3,(H,25,30)/t21-,22+/m1/s1. The van der Waals surface area contributed by atoms with Crippen LogP contribution in [-0.2, 0) is 17.6 Å². The van der Waals surface area contributed by atoms with Crippen molar-refractivity contribution in [1.29, 1.82) is 0 Å². The van der Waals surface area contributed by atoms with Crippen LogP contribution in [0, 0.1) is 13.8 Å². The Morgan fingerprint density at radius 2 is 1.90 bits per heavy atom. The number of aryl methyl sites for hydroxylation is 4. The van der Waals surface area contributed by atoms with E-state index >= 15 is 0 Å². The summed E-state index contributed by atoms with van der Waals surface area (Å²) in [7, 11) is 0. The highest BCUT2D eigenvalue weighted by molar-refractivity contribution is 8.00. The third kappa shape index (κ3) is 4.46. The highest BCUT2D eigenvalue weighted by Gasteiger charge is 2.37. The minimum atomic E-state index is -0.376. The minimum absolute atomic E-state index is 0.0398. The molecule has 0 spiro atoms. The molecule has 0 unspecified atom stereocenters. The molecule has 2 heterocycles. The zero-order valence-electron chi connectivity index (χ0n) is 18.5. The van der Waals surface area contributed by atoms with Crippen molar-refractivity contribution in [3.8, 4) is 0 Å². The summed E-state index contributed by atoms with van der Waals surface area (Å²) in [6.07, 6.45) is 2.80. The summed E-state index contributed by atoms with van der Waals surface area (Å²) in [6, 6.07) is 14.4. The van der Waals surface area contributed by atoms with Crippen LogP contribution in [0.1, 0.15) is 54.4 Å². The molecule has 0 aliphatic carbocycles. The summed E-state index contributed by atoms with van der Waals surface area (Å²) < 4.78 is 1.95. The Bertz CT molecular complexity index is 1080. The van der Waals surface area contributed by atoms with Gasteiger partial charge in [0.1, 0.15) is 5.25 Å². The van der Waals surface area contributed by atoms with Crippen molar-refractivity contribution in [1.82, 2.24) is 14.9 Å². The van der Waals surface area contributed by atoms with Crippen molar-refractivity contribution in [3.05, 3.63) is 70.5 Å². The van der Waals surface area contributed by atoms with Crippen molar-refractivity contribution < 1.29 is 4.79 Å². The third-order valence-corrected chi connectivity index (χ3v) is 6.85. The second-order valence-electron chi connectivity index (χ2n) is 8.03. The average Bonchev–Trinajstić information content (AvgIpc) is 3.17. The fraction of sp³-hybridized carbons (Fsp3) is 0.375. The van der Waals surface area contributed by atoms with Gasteiger partial charge in [-0.15, -0.1) is 10.2 Å². The Morgan fingerprint density at radius 1 is 1.13 bits per heavy atom. The first-order valence-corrected chi connectivity index (χ1v) is 11.7. The van der Waals surface area contributed by atoms with E-state index in [4.69, 9.17) is 0 Å². The van der Waals surface area contributed by atoms with Crippen LogP contribution < -0.4 is 10.7 Å². The number of carbonyl (C=O) groups is 1. The van der Waals surface area contributed by atoms with Gasteiger partial charge >= 0.3 is 0 Å². The lowest BCUT2D eigenvalue weighted by molar-refractivity contribution is -0.116. The first-order chi connectivity index (χ1) is 15.0. The molecule has 1 aromatic heterocycles. The van der Waals surface area contributed by atoms with Crippen LogP contribution in [0.5, 0.6) is 0 Å². The minimum Gasteiger partial charge on any atom is -0.325 e. The normalized spacial score (nSPS) is 17.7. The molecular formula is C24H29N5OS. The van der Waals surface area contributed by atoms with Crippen LogP contribution in [0.3, 0.4) is 0 Å². The van der Waals surface area contributed by atoms with Gasteiger partial charge in [0.15, 0.2) is 5.82 Å². The number of fused-ring (bicyclic) bond motifs is 1. The van der Waals surface area contributed by atoms with Gasteiger partial charge in [0.05, 0.1) is 6.04 Å². The van der Waals surface area contributed by atoms with E-state index in [0.29, 0.717) is 0 Å². The number of hydrogen-bond acceptors (Lipinski definition) is 5. The maximum absolute atomic E-state index is 13.5. The third-order valence-electron chi connectivity index (χ3n) is 5.63. The van der Waals surface area contributed by atoms with E-state index in [2.05, 4.69) is 65.1 Å². The zero-order chi connectivity index (χ0) is 22.0. The average molecular weight is 436 g/mol. The first kappa shape index (κ1) is 21.4. The molecule has 0 fully saturated rings. The molecule has 6 nitrogen and oxygen atoms in total. The number of anilines is 1. The second kappa shape index (κ2) is 9.14. The summed E-state index contributed by atoms with van der Waals surface area (Å²) in [5.74, 6) is 0.857. The number of nitrogens with zero attached hydrogens (tertiary/aromatic N) is 3. The van der Waals surface area contributed by atoms with E-state index in [-0.39, 0.29) is 17.2 Å². The van der Waals surface area contributed by atoms with E-state index in [1.165, 1.54) is 17.3 Å². The van der Waals surface area contributed by atoms with Gasteiger partial charge in [-0.1, -0.05) is 62.0 Å². The molecule has 0 saturated carbocycles. The van der Waals surface area contributed by atoms with Gasteiger partial charge in [-0.2, -0.15) is 0 Å². The molecule has 0 bridgehead atoms. The number of aromatic nitrogens is 3. The molecular weight excluding hydrogens is 406 g/mol. The predicted molar refractivity (Wildman–Crippen MR) is 126 cm³/mol. The Kier molecular flexibility index (Phi) is 6.32. The number of thioether (sulfide) groups is 1. The molecule has 7 heteroatoms. The molecule has 1 aliphatic rings. The maximum atomic E-state index is 13.5. The molecule has 162 valence electrons. The van der Waals surface area contributed by atoms with Gasteiger partial charge in [0.2, 0.25) is 11.1 Å². The quantitative estimate of drug-likeness (QED) is 0.581. The summed E-state index contributed by atoms with van der Waals surface area (Å²) in [5.41, 5.74) is 8.91. The van der Waals surface area contributed by atoms with E-state index in [1.807, 2.05) is 30.7 Å². The van der Waals surface area contributed by atoms with Crippen molar-refractivity contribution in [2.45, 2.75) is 63.4 Å². The molecule has 1 amide bonds. The van der Waals surface area contributed by atoms with Crippen LogP contribution in [0.4, 0.5) is 5.69 Å². The molecule has 3 aromatic rings. The lowest BCUT2D eigenvalue weighted by Crippen LogP contribution is -2.41. The van der Waals surface area contributed by atoms with Crippen LogP contribution >= 0.6 is 11.8 Å². The largest absolute Gasteiger partial charge is 0.325 e. The molecule has 2 atom stereocenters. The number of nitrogens with one attached hydrogen (secondary N) is 2. The van der Waals surface area contributed by atoms with Crippen LogP contribution in [0.15, 0.2) is 47.6 Å². The Labute approximate surface area is 187 Å². The van der Waals surface area contributed by atoms with Gasteiger partial charge in [0, 0.05) is 12.1 Å². The molecule has 0 radical (unpaired) electrons. The number of amides is 1. The highest BCUT2D eigenvalue weighted by Crippen LogP contribution is 2.38. The van der Waals surface area contributed by atoms with E-state index < -0.39 is 0 Å². The lowest BCUT2D eigenvalue weighted by Gasteiger charge is -2.33. The molecule has 31 heavy (non-hydrogen) atoms. The fourth-order valence-electron chi connectivity index (χ4n) is 3.77. The number of carbonyl (C=O) groups excluding carboxylic acids is 1. The first-order valence-electron chi connectivity index (χ1n) is 10.8. The number of benzene rings is 2. The van der Waals surface area contributed by atoms with Crippen molar-refractivity contribution >= 4 is 23.4 Å². The zero-order valence-corrected chi connectivity index (χ0v) is 19.3. The fourth-order valence-corrected chi connectivity index (χ4v) is 4.87. The van der Waals surface area contributed by atoms with E-state index in [1.54, 1.807) is 0 Å². The van der Waals surface area contributed by atoms with Gasteiger partial charge in [-0.25, -0.2) is 4.68 Å². The molecule has 2 N–H and O–H groups in total. The summed E-state index contributed by atoms with van der Waals surface area (Å²) in [6.45, 7) is 8.31. The van der Waals surface area contributed by atoms with Gasteiger partial charge in [-0.05, 0) is 55.0 Å². The highest BCUT2D eigenvalue weighted by atomic mass is 32.2. The lowest BCUT2D eigenvalue weighted by atomic mass is 10.0. The second-order valence-corrected chi connectivity index (χ2v) is 9.14. The van der Waals surface area contributed by atoms with Crippen molar-refractivity contribution in [3.63, 3.8) is 0 Å².